The highest BCUT2D eigenvalue weighted by Crippen LogP contribution is 2.65. The molecule has 284 valence electrons. The van der Waals surface area contributed by atoms with E-state index in [4.69, 9.17) is 0 Å². The molecule has 0 saturated carbocycles. The first-order chi connectivity index (χ1) is 30.3. The van der Waals surface area contributed by atoms with E-state index in [1.165, 1.54) is 109 Å². The molecule has 0 saturated heterocycles. The van der Waals surface area contributed by atoms with E-state index < -0.39 is 5.41 Å². The van der Waals surface area contributed by atoms with Crippen LogP contribution in [0, 0.1) is 0 Å². The van der Waals surface area contributed by atoms with Crippen molar-refractivity contribution in [1.82, 2.24) is 0 Å². The van der Waals surface area contributed by atoms with E-state index in [1.54, 1.807) is 0 Å². The number of fused-ring (bicyclic) bond motifs is 15. The van der Waals surface area contributed by atoms with Crippen molar-refractivity contribution in [3.63, 3.8) is 0 Å². The maximum atomic E-state index is 2.59. The fourth-order valence-electron chi connectivity index (χ4n) is 10.9. The first-order valence-corrected chi connectivity index (χ1v) is 21.9. The summed E-state index contributed by atoms with van der Waals surface area (Å²) in [5.74, 6) is 0. The lowest BCUT2D eigenvalue weighted by Crippen LogP contribution is -2.26. The number of nitrogens with zero attached hydrogens (tertiary/aromatic N) is 1. The van der Waals surface area contributed by atoms with Crippen LogP contribution in [0.3, 0.4) is 0 Å². The fraction of sp³-hybridized carbons (Fsp3) is 0.0169. The molecule has 1 nitrogen and oxygen atoms in total. The summed E-state index contributed by atoms with van der Waals surface area (Å²) in [7, 11) is 0. The van der Waals surface area contributed by atoms with Crippen molar-refractivity contribution in [1.29, 1.82) is 0 Å². The monoisotopic (exact) mass is 791 g/mol. The Hall–Kier alpha value is -7.52. The highest BCUT2D eigenvalue weighted by molar-refractivity contribution is 7.27. The third-order valence-corrected chi connectivity index (χ3v) is 14.5. The van der Waals surface area contributed by atoms with Gasteiger partial charge in [-0.05, 0) is 85.1 Å². The van der Waals surface area contributed by atoms with Crippen molar-refractivity contribution in [3.05, 3.63) is 247 Å². The number of hydrogen-bond acceptors (Lipinski definition) is 2. The molecule has 0 unspecified atom stereocenters. The average Bonchev–Trinajstić information content (AvgIpc) is 3.98. The minimum Gasteiger partial charge on any atom is -0.308 e. The molecular formula is C59H37NS. The predicted octanol–water partition coefficient (Wildman–Crippen LogP) is 16.4. The Morgan fingerprint density at radius 3 is 1.54 bits per heavy atom. The number of hydrogen-bond donors (Lipinski definition) is 0. The van der Waals surface area contributed by atoms with Crippen LogP contribution < -0.4 is 4.90 Å². The molecule has 1 spiro atoms. The Kier molecular flexibility index (Phi) is 7.46. The number of rotatable bonds is 5. The van der Waals surface area contributed by atoms with Crippen LogP contribution in [0.1, 0.15) is 22.3 Å². The van der Waals surface area contributed by atoms with E-state index >= 15 is 0 Å². The van der Waals surface area contributed by atoms with Crippen LogP contribution in [0.15, 0.2) is 224 Å². The molecule has 0 amide bonds. The zero-order valence-electron chi connectivity index (χ0n) is 33.2. The summed E-state index contributed by atoms with van der Waals surface area (Å²) < 4.78 is 2.58. The second-order valence-corrected chi connectivity index (χ2v) is 17.3. The molecule has 0 aliphatic heterocycles. The molecule has 61 heavy (non-hydrogen) atoms. The highest BCUT2D eigenvalue weighted by Gasteiger charge is 2.52. The van der Waals surface area contributed by atoms with Gasteiger partial charge in [0.1, 0.15) is 0 Å². The quantitative estimate of drug-likeness (QED) is 0.168. The Morgan fingerprint density at radius 1 is 0.328 bits per heavy atom. The molecule has 0 N–H and O–H groups in total. The van der Waals surface area contributed by atoms with Gasteiger partial charge in [0.15, 0.2) is 0 Å². The van der Waals surface area contributed by atoms with E-state index in [1.807, 2.05) is 11.3 Å². The Morgan fingerprint density at radius 2 is 0.820 bits per heavy atom. The lowest BCUT2D eigenvalue weighted by atomic mass is 9.70. The van der Waals surface area contributed by atoms with E-state index in [0.717, 1.165) is 5.69 Å². The minimum atomic E-state index is -0.452. The smallest absolute Gasteiger partial charge is 0.0726 e. The SMILES string of the molecule is c1ccc(-c2ccccc2N(c2cccc3c2-c2ccccc2C32c3ccccc3-c3ccccc32)c2cccc3c2sc2c(-c4ccccc4)cc4ccccc4c23)cc1. The maximum Gasteiger partial charge on any atom is 0.0726 e. The average molecular weight is 792 g/mol. The molecule has 1 aromatic heterocycles. The van der Waals surface area contributed by atoms with Gasteiger partial charge in [0.2, 0.25) is 0 Å². The molecule has 0 atom stereocenters. The summed E-state index contributed by atoms with van der Waals surface area (Å²) in [6.45, 7) is 0. The van der Waals surface area contributed by atoms with E-state index in [9.17, 15) is 0 Å². The Bertz CT molecular complexity index is 3500. The molecule has 13 rings (SSSR count). The maximum absolute atomic E-state index is 2.59. The van der Waals surface area contributed by atoms with Crippen LogP contribution in [0.2, 0.25) is 0 Å². The summed E-state index contributed by atoms with van der Waals surface area (Å²) in [6, 6.07) is 83.4. The van der Waals surface area contributed by atoms with Crippen LogP contribution in [0.5, 0.6) is 0 Å². The van der Waals surface area contributed by atoms with Crippen LogP contribution in [0.4, 0.5) is 17.1 Å². The summed E-state index contributed by atoms with van der Waals surface area (Å²) in [5, 5.41) is 5.13. The third-order valence-electron chi connectivity index (χ3n) is 13.3. The van der Waals surface area contributed by atoms with Gasteiger partial charge in [-0.1, -0.05) is 200 Å². The standard InChI is InChI=1S/C59H37NS/c1-3-19-38(20-4-1)41-24-12-16-34-52(41)60(54-36-17-29-46-55-42-25-8-7-23-40(42)37-47(58(55)61-57(46)54)39-21-5-2-6-22-39)53-35-18-33-51-56(53)45-28-11-15-32-50(45)59(51)48-30-13-9-26-43(48)44-27-10-14-31-49(44)59/h1-37H. The number of anilines is 3. The van der Waals surface area contributed by atoms with Crippen LogP contribution >= 0.6 is 11.3 Å². The highest BCUT2D eigenvalue weighted by atomic mass is 32.1. The molecule has 0 radical (unpaired) electrons. The minimum absolute atomic E-state index is 0.452. The van der Waals surface area contributed by atoms with Gasteiger partial charge in [-0.25, -0.2) is 0 Å². The predicted molar refractivity (Wildman–Crippen MR) is 259 cm³/mol. The van der Waals surface area contributed by atoms with Crippen molar-refractivity contribution in [3.8, 4) is 44.5 Å². The first-order valence-electron chi connectivity index (χ1n) is 21.1. The summed E-state index contributed by atoms with van der Waals surface area (Å²) >= 11 is 1.92. The Balaban J connectivity index is 1.17. The van der Waals surface area contributed by atoms with Crippen molar-refractivity contribution in [2.24, 2.45) is 0 Å². The zero-order valence-corrected chi connectivity index (χ0v) is 34.0. The first kappa shape index (κ1) is 34.4. The molecule has 2 heteroatoms. The molecule has 2 aliphatic carbocycles. The van der Waals surface area contributed by atoms with E-state index in [-0.39, 0.29) is 0 Å². The largest absolute Gasteiger partial charge is 0.308 e. The number of benzene rings is 10. The lowest BCUT2D eigenvalue weighted by Gasteiger charge is -2.32. The van der Waals surface area contributed by atoms with Gasteiger partial charge in [-0.3, -0.25) is 0 Å². The van der Waals surface area contributed by atoms with E-state index in [2.05, 4.69) is 229 Å². The van der Waals surface area contributed by atoms with Crippen molar-refractivity contribution >= 4 is 59.3 Å². The van der Waals surface area contributed by atoms with Gasteiger partial charge >= 0.3 is 0 Å². The third kappa shape index (κ3) is 4.77. The summed E-state index contributed by atoms with van der Waals surface area (Å²) in [4.78, 5) is 2.59. The normalized spacial score (nSPS) is 13.0. The summed E-state index contributed by atoms with van der Waals surface area (Å²) in [6.07, 6.45) is 0. The van der Waals surface area contributed by atoms with Gasteiger partial charge < -0.3 is 4.90 Å². The molecule has 0 bridgehead atoms. The number of thiophene rings is 1. The molecule has 10 aromatic carbocycles. The second-order valence-electron chi connectivity index (χ2n) is 16.3. The molecule has 1 heterocycles. The van der Waals surface area contributed by atoms with Gasteiger partial charge in [0, 0.05) is 32.2 Å². The van der Waals surface area contributed by atoms with Gasteiger partial charge in [0.25, 0.3) is 0 Å². The molecule has 11 aromatic rings. The molecule has 0 fully saturated rings. The van der Waals surface area contributed by atoms with E-state index in [0.29, 0.717) is 0 Å². The van der Waals surface area contributed by atoms with Crippen LogP contribution in [-0.4, -0.2) is 0 Å². The van der Waals surface area contributed by atoms with Crippen molar-refractivity contribution in [2.75, 3.05) is 4.90 Å². The Labute approximate surface area is 359 Å². The topological polar surface area (TPSA) is 3.24 Å². The van der Waals surface area contributed by atoms with Gasteiger partial charge in [-0.15, -0.1) is 11.3 Å². The fourth-order valence-corrected chi connectivity index (χ4v) is 12.2. The zero-order chi connectivity index (χ0) is 40.1. The van der Waals surface area contributed by atoms with Crippen molar-refractivity contribution in [2.45, 2.75) is 5.41 Å². The van der Waals surface area contributed by atoms with Crippen molar-refractivity contribution < 1.29 is 0 Å². The molecule has 2 aliphatic rings. The van der Waals surface area contributed by atoms with Crippen LogP contribution in [-0.2, 0) is 5.41 Å². The molecular weight excluding hydrogens is 755 g/mol. The second kappa shape index (κ2) is 13.2. The summed E-state index contributed by atoms with van der Waals surface area (Å²) in [5.41, 5.74) is 18.5. The van der Waals surface area contributed by atoms with Gasteiger partial charge in [-0.2, -0.15) is 0 Å². The number of para-hydroxylation sites is 1. The van der Waals surface area contributed by atoms with Crippen LogP contribution in [0.25, 0.3) is 75.5 Å². The lowest BCUT2D eigenvalue weighted by molar-refractivity contribution is 0.794. The van der Waals surface area contributed by atoms with Gasteiger partial charge in [0.05, 0.1) is 27.2 Å².